The van der Waals surface area contributed by atoms with E-state index < -0.39 is 0 Å². The first-order chi connectivity index (χ1) is 13.6. The molecule has 2 atom stereocenters. The van der Waals surface area contributed by atoms with E-state index >= 15 is 0 Å². The number of carbonyl (C=O) groups excluding carboxylic acids is 1. The summed E-state index contributed by atoms with van der Waals surface area (Å²) in [5.41, 5.74) is 2.14. The van der Waals surface area contributed by atoms with Crippen LogP contribution in [-0.2, 0) is 4.79 Å². The van der Waals surface area contributed by atoms with Gasteiger partial charge in [-0.3, -0.25) is 9.69 Å². The number of benzene rings is 2. The first-order valence-electron chi connectivity index (χ1n) is 9.71. The molecule has 3 aromatic rings. The van der Waals surface area contributed by atoms with Gasteiger partial charge < -0.3 is 5.32 Å². The minimum absolute atomic E-state index is 0.0328. The summed E-state index contributed by atoms with van der Waals surface area (Å²) in [6, 6.07) is 15.9. The average molecular weight is 414 g/mol. The van der Waals surface area contributed by atoms with Gasteiger partial charge in [0, 0.05) is 17.5 Å². The number of hydrogen-bond donors (Lipinski definition) is 1. The van der Waals surface area contributed by atoms with Gasteiger partial charge in [0.05, 0.1) is 27.8 Å². The Bertz CT molecular complexity index is 923. The molecule has 0 spiro atoms. The van der Waals surface area contributed by atoms with Crippen molar-refractivity contribution in [2.24, 2.45) is 0 Å². The highest BCUT2D eigenvalue weighted by atomic mass is 35.5. The Hall–Kier alpha value is -1.95. The van der Waals surface area contributed by atoms with Gasteiger partial charge in [-0.25, -0.2) is 4.98 Å². The van der Waals surface area contributed by atoms with Gasteiger partial charge in [-0.2, -0.15) is 0 Å². The van der Waals surface area contributed by atoms with Gasteiger partial charge in [0.2, 0.25) is 5.91 Å². The largest absolute Gasteiger partial charge is 0.348 e. The number of nitrogens with one attached hydrogen (secondary N) is 1. The van der Waals surface area contributed by atoms with E-state index in [0.717, 1.165) is 37.0 Å². The van der Waals surface area contributed by atoms with Crippen LogP contribution in [0, 0.1) is 0 Å². The molecule has 1 fully saturated rings. The van der Waals surface area contributed by atoms with Crippen LogP contribution in [0.15, 0.2) is 48.5 Å². The Labute approximate surface area is 174 Å². The van der Waals surface area contributed by atoms with Gasteiger partial charge in [-0.05, 0) is 56.1 Å². The summed E-state index contributed by atoms with van der Waals surface area (Å²) in [6.07, 6.45) is 2.24. The van der Waals surface area contributed by atoms with Crippen molar-refractivity contribution in [3.8, 4) is 0 Å². The van der Waals surface area contributed by atoms with Crippen LogP contribution in [0.4, 0.5) is 0 Å². The second-order valence-electron chi connectivity index (χ2n) is 7.43. The molecule has 0 saturated carbocycles. The van der Waals surface area contributed by atoms with E-state index in [-0.39, 0.29) is 11.9 Å². The van der Waals surface area contributed by atoms with Gasteiger partial charge in [0.25, 0.3) is 0 Å². The van der Waals surface area contributed by atoms with Crippen LogP contribution in [0.3, 0.4) is 0 Å². The number of aromatic nitrogens is 1. The summed E-state index contributed by atoms with van der Waals surface area (Å²) in [5.74, 6) is 0.472. The number of piperidine rings is 1. The summed E-state index contributed by atoms with van der Waals surface area (Å²) in [4.78, 5) is 19.6. The molecule has 1 aliphatic heterocycles. The zero-order chi connectivity index (χ0) is 19.5. The summed E-state index contributed by atoms with van der Waals surface area (Å²) in [7, 11) is 0. The number of para-hydroxylation sites is 1. The lowest BCUT2D eigenvalue weighted by molar-refractivity contribution is -0.123. The third-order valence-electron chi connectivity index (χ3n) is 5.28. The zero-order valence-corrected chi connectivity index (χ0v) is 17.5. The van der Waals surface area contributed by atoms with Crippen molar-refractivity contribution < 1.29 is 4.79 Å². The molecule has 28 heavy (non-hydrogen) atoms. The number of thiazole rings is 1. The number of fused-ring (bicyclic) bond motifs is 1. The van der Waals surface area contributed by atoms with E-state index in [1.54, 1.807) is 11.3 Å². The second kappa shape index (κ2) is 8.60. The molecule has 0 unspecified atom stereocenters. The highest BCUT2D eigenvalue weighted by Crippen LogP contribution is 2.32. The third kappa shape index (κ3) is 4.54. The van der Waals surface area contributed by atoms with Crippen LogP contribution in [0.1, 0.15) is 42.3 Å². The Kier molecular flexibility index (Phi) is 5.95. The monoisotopic (exact) mass is 413 g/mol. The van der Waals surface area contributed by atoms with Crippen molar-refractivity contribution in [2.45, 2.75) is 31.7 Å². The molecule has 0 radical (unpaired) electrons. The number of amides is 1. The smallest absolute Gasteiger partial charge is 0.234 e. The minimum Gasteiger partial charge on any atom is -0.348 e. The number of likely N-dealkylation sites (tertiary alicyclic amines) is 1. The van der Waals surface area contributed by atoms with Gasteiger partial charge in [-0.1, -0.05) is 35.9 Å². The van der Waals surface area contributed by atoms with Crippen molar-refractivity contribution in [1.82, 2.24) is 15.2 Å². The predicted octanol–water partition coefficient (Wildman–Crippen LogP) is 5.01. The molecular weight excluding hydrogens is 390 g/mol. The fourth-order valence-electron chi connectivity index (χ4n) is 3.79. The first-order valence-corrected chi connectivity index (χ1v) is 10.9. The Morgan fingerprint density at radius 3 is 2.86 bits per heavy atom. The third-order valence-corrected chi connectivity index (χ3v) is 6.73. The van der Waals surface area contributed by atoms with E-state index in [0.29, 0.717) is 17.5 Å². The van der Waals surface area contributed by atoms with E-state index in [4.69, 9.17) is 16.6 Å². The van der Waals surface area contributed by atoms with Crippen molar-refractivity contribution in [1.29, 1.82) is 0 Å². The molecule has 1 aliphatic rings. The normalized spacial score (nSPS) is 18.9. The van der Waals surface area contributed by atoms with Crippen LogP contribution < -0.4 is 5.32 Å². The maximum absolute atomic E-state index is 12.6. The van der Waals surface area contributed by atoms with Crippen molar-refractivity contribution >= 4 is 39.1 Å². The number of halogens is 1. The Morgan fingerprint density at radius 1 is 1.29 bits per heavy atom. The first kappa shape index (κ1) is 19.4. The fraction of sp³-hybridized carbons (Fsp3) is 0.364. The van der Waals surface area contributed by atoms with Crippen molar-refractivity contribution in [3.63, 3.8) is 0 Å². The molecule has 6 heteroatoms. The Morgan fingerprint density at radius 2 is 2.07 bits per heavy atom. The minimum atomic E-state index is -0.0328. The lowest BCUT2D eigenvalue weighted by Crippen LogP contribution is -2.42. The van der Waals surface area contributed by atoms with Gasteiger partial charge in [0.15, 0.2) is 0 Å². The SMILES string of the molecule is C[C@H](NC(=O)CN1CCC[C@H](c2nc3ccccc3s2)C1)c1ccc(Cl)cc1. The molecular formula is C22H24ClN3OS. The van der Waals surface area contributed by atoms with Crippen LogP contribution >= 0.6 is 22.9 Å². The van der Waals surface area contributed by atoms with E-state index in [1.165, 1.54) is 9.71 Å². The zero-order valence-electron chi connectivity index (χ0n) is 15.9. The molecule has 4 rings (SSSR count). The standard InChI is InChI=1S/C22H24ClN3OS/c1-15(16-8-10-18(23)11-9-16)24-21(27)14-26-12-4-5-17(13-26)22-25-19-6-2-3-7-20(19)28-22/h2-3,6-11,15,17H,4-5,12-14H2,1H3,(H,24,27)/t15-,17-/m0/s1. The van der Waals surface area contributed by atoms with Crippen molar-refractivity contribution in [3.05, 3.63) is 64.1 Å². The number of nitrogens with zero attached hydrogens (tertiary/aromatic N) is 2. The molecule has 0 bridgehead atoms. The van der Waals surface area contributed by atoms with Crippen LogP contribution in [-0.4, -0.2) is 35.4 Å². The molecule has 4 nitrogen and oxygen atoms in total. The van der Waals surface area contributed by atoms with Gasteiger partial charge in [0.1, 0.15) is 0 Å². The lowest BCUT2D eigenvalue weighted by atomic mass is 9.98. The van der Waals surface area contributed by atoms with E-state index in [2.05, 4.69) is 28.4 Å². The average Bonchev–Trinajstić information content (AvgIpc) is 3.13. The van der Waals surface area contributed by atoms with Gasteiger partial charge >= 0.3 is 0 Å². The Balaban J connectivity index is 1.35. The molecule has 146 valence electrons. The van der Waals surface area contributed by atoms with E-state index in [9.17, 15) is 4.79 Å². The summed E-state index contributed by atoms with van der Waals surface area (Å²) in [5, 5.41) is 5.00. The molecule has 1 N–H and O–H groups in total. The highest BCUT2D eigenvalue weighted by molar-refractivity contribution is 7.18. The predicted molar refractivity (Wildman–Crippen MR) is 116 cm³/mol. The lowest BCUT2D eigenvalue weighted by Gasteiger charge is -2.31. The molecule has 2 heterocycles. The van der Waals surface area contributed by atoms with Gasteiger partial charge in [-0.15, -0.1) is 11.3 Å². The molecule has 1 amide bonds. The fourth-order valence-corrected chi connectivity index (χ4v) is 5.01. The summed E-state index contributed by atoms with van der Waals surface area (Å²) >= 11 is 7.73. The second-order valence-corrected chi connectivity index (χ2v) is 8.93. The quantitative estimate of drug-likeness (QED) is 0.639. The molecule has 1 aromatic heterocycles. The molecule has 1 saturated heterocycles. The molecule has 0 aliphatic carbocycles. The van der Waals surface area contributed by atoms with Crippen LogP contribution in [0.25, 0.3) is 10.2 Å². The number of rotatable bonds is 5. The topological polar surface area (TPSA) is 45.2 Å². The highest BCUT2D eigenvalue weighted by Gasteiger charge is 2.25. The van der Waals surface area contributed by atoms with Crippen LogP contribution in [0.5, 0.6) is 0 Å². The number of hydrogen-bond acceptors (Lipinski definition) is 4. The van der Waals surface area contributed by atoms with E-state index in [1.807, 2.05) is 37.3 Å². The maximum atomic E-state index is 12.6. The molecule has 2 aromatic carbocycles. The maximum Gasteiger partial charge on any atom is 0.234 e. The van der Waals surface area contributed by atoms with Crippen molar-refractivity contribution in [2.75, 3.05) is 19.6 Å². The number of carbonyl (C=O) groups is 1. The van der Waals surface area contributed by atoms with Crippen LogP contribution in [0.2, 0.25) is 5.02 Å². The summed E-state index contributed by atoms with van der Waals surface area (Å²) in [6.45, 7) is 4.29. The summed E-state index contributed by atoms with van der Waals surface area (Å²) < 4.78 is 1.24.